The number of carboxylic acids is 1. The zero-order chi connectivity index (χ0) is 21.1. The van der Waals surface area contributed by atoms with Gasteiger partial charge in [0.05, 0.1) is 6.04 Å². The summed E-state index contributed by atoms with van der Waals surface area (Å²) >= 11 is 1.54. The summed E-state index contributed by atoms with van der Waals surface area (Å²) in [5, 5.41) is 14.6. The fraction of sp³-hybridized carbons (Fsp3) is 0.550. The molecule has 1 rings (SSSR count). The van der Waals surface area contributed by atoms with Crippen molar-refractivity contribution in [2.75, 3.05) is 12.0 Å². The first-order chi connectivity index (χ1) is 13.2. The van der Waals surface area contributed by atoms with Crippen LogP contribution in [0.25, 0.3) is 0 Å². The zero-order valence-corrected chi connectivity index (χ0v) is 17.5. The van der Waals surface area contributed by atoms with Crippen molar-refractivity contribution < 1.29 is 19.5 Å². The van der Waals surface area contributed by atoms with Gasteiger partial charge in [0.2, 0.25) is 11.8 Å². The van der Waals surface area contributed by atoms with Gasteiger partial charge in [-0.25, -0.2) is 4.79 Å². The highest BCUT2D eigenvalue weighted by molar-refractivity contribution is 7.98. The molecule has 28 heavy (non-hydrogen) atoms. The van der Waals surface area contributed by atoms with Crippen molar-refractivity contribution in [1.82, 2.24) is 10.6 Å². The van der Waals surface area contributed by atoms with Gasteiger partial charge in [0, 0.05) is 0 Å². The Hall–Kier alpha value is -2.06. The lowest BCUT2D eigenvalue weighted by Crippen LogP contribution is -2.55. The van der Waals surface area contributed by atoms with E-state index in [-0.39, 0.29) is 5.92 Å². The van der Waals surface area contributed by atoms with Crippen molar-refractivity contribution >= 4 is 29.5 Å². The van der Waals surface area contributed by atoms with E-state index in [4.69, 9.17) is 5.73 Å². The summed E-state index contributed by atoms with van der Waals surface area (Å²) in [5.74, 6) is -1.25. The minimum atomic E-state index is -1.09. The van der Waals surface area contributed by atoms with Gasteiger partial charge in [-0.2, -0.15) is 11.8 Å². The number of aliphatic carboxylic acids is 1. The largest absolute Gasteiger partial charge is 0.480 e. The van der Waals surface area contributed by atoms with Gasteiger partial charge in [-0.1, -0.05) is 44.2 Å². The Morgan fingerprint density at radius 2 is 1.68 bits per heavy atom. The minimum absolute atomic E-state index is 0.111. The molecule has 2 amide bonds. The molecular weight excluding hydrogens is 378 g/mol. The van der Waals surface area contributed by atoms with Crippen LogP contribution in [0, 0.1) is 5.92 Å². The van der Waals surface area contributed by atoms with Crippen LogP contribution in [0.3, 0.4) is 0 Å². The van der Waals surface area contributed by atoms with E-state index in [0.717, 1.165) is 5.56 Å². The summed E-state index contributed by atoms with van der Waals surface area (Å²) in [7, 11) is 0. The normalized spacial score (nSPS) is 14.2. The Bertz CT molecular complexity index is 640. The Labute approximate surface area is 170 Å². The van der Waals surface area contributed by atoms with Crippen molar-refractivity contribution in [3.63, 3.8) is 0 Å². The molecule has 0 aliphatic carbocycles. The maximum absolute atomic E-state index is 12.6. The summed E-state index contributed by atoms with van der Waals surface area (Å²) in [6.45, 7) is 3.77. The molecule has 0 radical (unpaired) electrons. The SMILES string of the molecule is CSCCC(NC(=O)C(N)Cc1ccccc1)C(=O)NC(CC(C)C)C(=O)O. The van der Waals surface area contributed by atoms with Crippen LogP contribution >= 0.6 is 11.8 Å². The summed E-state index contributed by atoms with van der Waals surface area (Å²) in [5.41, 5.74) is 6.93. The summed E-state index contributed by atoms with van der Waals surface area (Å²) in [6.07, 6.45) is 2.97. The Morgan fingerprint density at radius 3 is 2.21 bits per heavy atom. The van der Waals surface area contributed by atoms with E-state index in [9.17, 15) is 19.5 Å². The van der Waals surface area contributed by atoms with Crippen LogP contribution in [0.4, 0.5) is 0 Å². The topological polar surface area (TPSA) is 122 Å². The van der Waals surface area contributed by atoms with Gasteiger partial charge < -0.3 is 21.5 Å². The number of thioether (sulfide) groups is 1. The fourth-order valence-electron chi connectivity index (χ4n) is 2.71. The third-order valence-electron chi connectivity index (χ3n) is 4.20. The first-order valence-corrected chi connectivity index (χ1v) is 10.8. The fourth-order valence-corrected chi connectivity index (χ4v) is 3.18. The van der Waals surface area contributed by atoms with Gasteiger partial charge in [0.1, 0.15) is 12.1 Å². The van der Waals surface area contributed by atoms with Crippen molar-refractivity contribution in [3.05, 3.63) is 35.9 Å². The highest BCUT2D eigenvalue weighted by Gasteiger charge is 2.28. The summed E-state index contributed by atoms with van der Waals surface area (Å²) in [4.78, 5) is 36.5. The average Bonchev–Trinajstić information content (AvgIpc) is 2.64. The van der Waals surface area contributed by atoms with E-state index in [2.05, 4.69) is 10.6 Å². The van der Waals surface area contributed by atoms with Crippen LogP contribution in [0.5, 0.6) is 0 Å². The molecule has 0 aliphatic heterocycles. The van der Waals surface area contributed by atoms with Crippen LogP contribution in [-0.2, 0) is 20.8 Å². The number of benzene rings is 1. The highest BCUT2D eigenvalue weighted by atomic mass is 32.2. The molecule has 0 aromatic heterocycles. The maximum atomic E-state index is 12.6. The number of amides is 2. The number of hydrogen-bond donors (Lipinski definition) is 4. The van der Waals surface area contributed by atoms with Gasteiger partial charge in [0.25, 0.3) is 0 Å². The number of nitrogens with one attached hydrogen (secondary N) is 2. The van der Waals surface area contributed by atoms with Crippen LogP contribution in [-0.4, -0.2) is 53.0 Å². The lowest BCUT2D eigenvalue weighted by Gasteiger charge is -2.23. The van der Waals surface area contributed by atoms with Crippen molar-refractivity contribution in [2.24, 2.45) is 11.7 Å². The van der Waals surface area contributed by atoms with E-state index in [1.807, 2.05) is 50.4 Å². The molecule has 1 aromatic rings. The monoisotopic (exact) mass is 409 g/mol. The first-order valence-electron chi connectivity index (χ1n) is 9.36. The third-order valence-corrected chi connectivity index (χ3v) is 4.84. The molecule has 0 spiro atoms. The van der Waals surface area contributed by atoms with Crippen LogP contribution in [0.2, 0.25) is 0 Å². The molecule has 0 aliphatic rings. The second-order valence-corrected chi connectivity index (χ2v) is 8.15. The predicted octanol–water partition coefficient (Wildman–Crippen LogP) is 1.41. The van der Waals surface area contributed by atoms with Gasteiger partial charge in [0.15, 0.2) is 0 Å². The lowest BCUT2D eigenvalue weighted by molar-refractivity contribution is -0.142. The molecule has 0 saturated carbocycles. The summed E-state index contributed by atoms with van der Waals surface area (Å²) in [6, 6.07) is 6.79. The molecule has 0 heterocycles. The van der Waals surface area contributed by atoms with Gasteiger partial charge in [-0.3, -0.25) is 9.59 Å². The smallest absolute Gasteiger partial charge is 0.326 e. The number of carbonyl (C=O) groups is 3. The van der Waals surface area contributed by atoms with Crippen LogP contribution in [0.15, 0.2) is 30.3 Å². The van der Waals surface area contributed by atoms with E-state index in [1.165, 1.54) is 0 Å². The Balaban J connectivity index is 2.75. The number of nitrogens with two attached hydrogens (primary N) is 1. The molecule has 0 fully saturated rings. The van der Waals surface area contributed by atoms with Crippen LogP contribution < -0.4 is 16.4 Å². The van der Waals surface area contributed by atoms with Gasteiger partial charge in [-0.05, 0) is 42.8 Å². The quantitative estimate of drug-likeness (QED) is 0.414. The number of carboxylic acid groups (broad SMARTS) is 1. The third kappa shape index (κ3) is 8.75. The molecule has 0 bridgehead atoms. The molecule has 8 heteroatoms. The average molecular weight is 410 g/mol. The molecule has 156 valence electrons. The standard InChI is InChI=1S/C20H31N3O4S/c1-13(2)11-17(20(26)27)23-19(25)16(9-10-28-3)22-18(24)15(21)12-14-7-5-4-6-8-14/h4-8,13,15-17H,9-12,21H2,1-3H3,(H,22,24)(H,23,25)(H,26,27). The molecule has 0 saturated heterocycles. The van der Waals surface area contributed by atoms with E-state index < -0.39 is 35.9 Å². The highest BCUT2D eigenvalue weighted by Crippen LogP contribution is 2.08. The van der Waals surface area contributed by atoms with Gasteiger partial charge in [-0.15, -0.1) is 0 Å². The molecule has 3 unspecified atom stereocenters. The lowest BCUT2D eigenvalue weighted by atomic mass is 10.0. The number of rotatable bonds is 12. The molecule has 3 atom stereocenters. The Kier molecular flexibility index (Phi) is 10.6. The second kappa shape index (κ2) is 12.4. The van der Waals surface area contributed by atoms with E-state index in [0.29, 0.717) is 25.0 Å². The number of hydrogen-bond acceptors (Lipinski definition) is 5. The minimum Gasteiger partial charge on any atom is -0.480 e. The summed E-state index contributed by atoms with van der Waals surface area (Å²) < 4.78 is 0. The molecular formula is C20H31N3O4S. The van der Waals surface area contributed by atoms with E-state index >= 15 is 0 Å². The van der Waals surface area contributed by atoms with E-state index in [1.54, 1.807) is 11.8 Å². The zero-order valence-electron chi connectivity index (χ0n) is 16.7. The number of carbonyl (C=O) groups excluding carboxylic acids is 2. The van der Waals surface area contributed by atoms with Crippen LogP contribution in [0.1, 0.15) is 32.3 Å². The maximum Gasteiger partial charge on any atom is 0.326 e. The molecule has 7 nitrogen and oxygen atoms in total. The predicted molar refractivity (Wildman–Crippen MR) is 112 cm³/mol. The van der Waals surface area contributed by atoms with Crippen molar-refractivity contribution in [1.29, 1.82) is 0 Å². The van der Waals surface area contributed by atoms with Crippen molar-refractivity contribution in [3.8, 4) is 0 Å². The second-order valence-electron chi connectivity index (χ2n) is 7.17. The first kappa shape index (κ1) is 24.0. The molecule has 1 aromatic carbocycles. The van der Waals surface area contributed by atoms with Gasteiger partial charge >= 0.3 is 5.97 Å². The molecule has 5 N–H and O–H groups in total. The Morgan fingerprint density at radius 1 is 1.07 bits per heavy atom. The van der Waals surface area contributed by atoms with Crippen molar-refractivity contribution in [2.45, 2.75) is 51.2 Å².